The van der Waals surface area contributed by atoms with Gasteiger partial charge in [0.25, 0.3) is 10.0 Å². The van der Waals surface area contributed by atoms with Crippen LogP contribution in [0.1, 0.15) is 25.0 Å². The fourth-order valence-corrected chi connectivity index (χ4v) is 6.04. The normalized spacial score (nSPS) is 11.8. The first-order chi connectivity index (χ1) is 20.6. The lowest BCUT2D eigenvalue weighted by molar-refractivity contribution is -0.139. The maximum atomic E-state index is 14.0. The van der Waals surface area contributed by atoms with Crippen LogP contribution in [0.2, 0.25) is 0 Å². The summed E-state index contributed by atoms with van der Waals surface area (Å²) in [5.74, 6) is 0.290. The Morgan fingerprint density at radius 2 is 1.47 bits per heavy atom. The predicted octanol–water partition coefficient (Wildman–Crippen LogP) is 6.30. The van der Waals surface area contributed by atoms with Gasteiger partial charge >= 0.3 is 0 Å². The van der Waals surface area contributed by atoms with E-state index in [2.05, 4.69) is 21.2 Å². The lowest BCUT2D eigenvalue weighted by Gasteiger charge is -2.32. The van der Waals surface area contributed by atoms with Crippen LogP contribution in [0, 0.1) is 6.92 Å². The van der Waals surface area contributed by atoms with Gasteiger partial charge in [0, 0.05) is 17.6 Å². The van der Waals surface area contributed by atoms with Crippen LogP contribution in [0.4, 0.5) is 5.69 Å². The third-order valence-corrected chi connectivity index (χ3v) is 9.09. The van der Waals surface area contributed by atoms with Gasteiger partial charge in [0.2, 0.25) is 11.8 Å². The van der Waals surface area contributed by atoms with Crippen molar-refractivity contribution in [1.29, 1.82) is 0 Å². The Morgan fingerprint density at radius 3 is 2.07 bits per heavy atom. The number of hydrogen-bond donors (Lipinski definition) is 1. The summed E-state index contributed by atoms with van der Waals surface area (Å²) in [6.45, 7) is 5.30. The Kier molecular flexibility index (Phi) is 10.6. The number of aryl methyl sites for hydroxylation is 1. The molecule has 0 unspecified atom stereocenters. The lowest BCUT2D eigenvalue weighted by atomic mass is 10.1. The zero-order chi connectivity index (χ0) is 31.0. The molecule has 1 atom stereocenters. The zero-order valence-corrected chi connectivity index (χ0v) is 26.6. The van der Waals surface area contributed by atoms with Crippen molar-refractivity contribution in [2.45, 2.75) is 38.3 Å². The van der Waals surface area contributed by atoms with E-state index in [1.807, 2.05) is 61.5 Å². The molecule has 0 aliphatic heterocycles. The van der Waals surface area contributed by atoms with Crippen molar-refractivity contribution in [2.24, 2.45) is 0 Å². The number of hydrogen-bond acceptors (Lipinski definition) is 5. The van der Waals surface area contributed by atoms with Crippen molar-refractivity contribution in [1.82, 2.24) is 10.2 Å². The average molecular weight is 665 g/mol. The summed E-state index contributed by atoms with van der Waals surface area (Å²) in [5, 5.41) is 2.76. The lowest BCUT2D eigenvalue weighted by Crippen LogP contribution is -2.51. The second kappa shape index (κ2) is 14.3. The Bertz CT molecular complexity index is 1630. The number of para-hydroxylation sites is 1. The molecule has 0 heterocycles. The summed E-state index contributed by atoms with van der Waals surface area (Å²) in [6.07, 6.45) is 0. The number of carbonyl (C=O) groups is 2. The molecule has 8 nitrogen and oxygen atoms in total. The van der Waals surface area contributed by atoms with E-state index in [1.165, 1.54) is 17.0 Å². The minimum Gasteiger partial charge on any atom is -0.457 e. The van der Waals surface area contributed by atoms with Gasteiger partial charge in [-0.05, 0) is 87.0 Å². The molecule has 224 valence electrons. The first kappa shape index (κ1) is 31.8. The van der Waals surface area contributed by atoms with Gasteiger partial charge in [0.05, 0.1) is 10.6 Å². The van der Waals surface area contributed by atoms with Crippen molar-refractivity contribution in [3.05, 3.63) is 119 Å². The maximum absolute atomic E-state index is 14.0. The molecule has 1 N–H and O–H groups in total. The molecule has 10 heteroatoms. The summed E-state index contributed by atoms with van der Waals surface area (Å²) >= 11 is 3.42. The van der Waals surface area contributed by atoms with Crippen LogP contribution in [-0.4, -0.2) is 44.3 Å². The fraction of sp³-hybridized carbons (Fsp3) is 0.212. The van der Waals surface area contributed by atoms with E-state index in [0.29, 0.717) is 18.0 Å². The highest BCUT2D eigenvalue weighted by molar-refractivity contribution is 9.10. The first-order valence-electron chi connectivity index (χ1n) is 13.8. The van der Waals surface area contributed by atoms with Crippen LogP contribution in [0.5, 0.6) is 11.5 Å². The Hall–Kier alpha value is -4.15. The number of carbonyl (C=O) groups excluding carboxylic acids is 2. The molecule has 4 aromatic rings. The van der Waals surface area contributed by atoms with E-state index in [1.54, 1.807) is 50.2 Å². The number of halogens is 1. The molecule has 0 saturated carbocycles. The van der Waals surface area contributed by atoms with Gasteiger partial charge < -0.3 is 15.0 Å². The quantitative estimate of drug-likeness (QED) is 0.192. The van der Waals surface area contributed by atoms with Gasteiger partial charge in [-0.15, -0.1) is 0 Å². The van der Waals surface area contributed by atoms with Crippen molar-refractivity contribution < 1.29 is 22.7 Å². The van der Waals surface area contributed by atoms with E-state index in [-0.39, 0.29) is 23.0 Å². The van der Waals surface area contributed by atoms with E-state index in [4.69, 9.17) is 4.74 Å². The van der Waals surface area contributed by atoms with Gasteiger partial charge in [0.1, 0.15) is 24.1 Å². The number of rotatable bonds is 12. The molecule has 0 bridgehead atoms. The van der Waals surface area contributed by atoms with Crippen LogP contribution in [0.15, 0.2) is 112 Å². The molecule has 0 radical (unpaired) electrons. The number of likely N-dealkylation sites (N-methyl/N-ethyl adjacent to an activating group) is 1. The number of nitrogens with one attached hydrogen (secondary N) is 1. The Labute approximate surface area is 261 Å². The topological polar surface area (TPSA) is 96.0 Å². The first-order valence-corrected chi connectivity index (χ1v) is 16.1. The summed E-state index contributed by atoms with van der Waals surface area (Å²) < 4.78 is 35.9. The molecule has 4 rings (SSSR count). The van der Waals surface area contributed by atoms with Crippen molar-refractivity contribution in [2.75, 3.05) is 17.4 Å². The number of nitrogens with zero attached hydrogens (tertiary/aromatic N) is 2. The second-order valence-corrected chi connectivity index (χ2v) is 12.7. The van der Waals surface area contributed by atoms with E-state index >= 15 is 0 Å². The SMILES string of the molecule is CCNC(=O)[C@@H](C)N(Cc1ccc(Br)cc1)C(=O)CN(c1ccc(Oc2ccccc2)cc1)S(=O)(=O)c1ccc(C)cc1. The summed E-state index contributed by atoms with van der Waals surface area (Å²) in [4.78, 5) is 28.3. The molecule has 0 aliphatic carbocycles. The highest BCUT2D eigenvalue weighted by Crippen LogP contribution is 2.29. The minimum absolute atomic E-state index is 0.0479. The Balaban J connectivity index is 1.70. The molecule has 0 aliphatic rings. The number of sulfonamides is 1. The zero-order valence-electron chi connectivity index (χ0n) is 24.2. The standard InChI is InChI=1S/C33H34BrN3O5S/c1-4-35-33(39)25(3)36(22-26-12-14-27(34)15-13-26)32(38)23-37(43(40,41)31-20-10-24(2)11-21-31)28-16-18-30(19-17-28)42-29-8-6-5-7-9-29/h5-21,25H,4,22-23H2,1-3H3,(H,35,39)/t25-/m1/s1. The van der Waals surface area contributed by atoms with Crippen molar-refractivity contribution in [3.8, 4) is 11.5 Å². The molecule has 0 fully saturated rings. The monoisotopic (exact) mass is 663 g/mol. The number of anilines is 1. The molecule has 0 aromatic heterocycles. The molecule has 0 saturated heterocycles. The van der Waals surface area contributed by atoms with E-state index in [9.17, 15) is 18.0 Å². The smallest absolute Gasteiger partial charge is 0.264 e. The number of ether oxygens (including phenoxy) is 1. The van der Waals surface area contributed by atoms with Crippen LogP contribution >= 0.6 is 15.9 Å². The summed E-state index contributed by atoms with van der Waals surface area (Å²) in [5.41, 5.74) is 1.98. The van der Waals surface area contributed by atoms with Crippen LogP contribution < -0.4 is 14.4 Å². The number of amides is 2. The highest BCUT2D eigenvalue weighted by Gasteiger charge is 2.32. The third-order valence-electron chi connectivity index (χ3n) is 6.78. The van der Waals surface area contributed by atoms with Gasteiger partial charge in [-0.3, -0.25) is 13.9 Å². The van der Waals surface area contributed by atoms with E-state index in [0.717, 1.165) is 19.9 Å². The largest absolute Gasteiger partial charge is 0.457 e. The molecular weight excluding hydrogens is 630 g/mol. The van der Waals surface area contributed by atoms with Crippen LogP contribution in [0.25, 0.3) is 0 Å². The molecule has 43 heavy (non-hydrogen) atoms. The van der Waals surface area contributed by atoms with Crippen LogP contribution in [-0.2, 0) is 26.2 Å². The maximum Gasteiger partial charge on any atom is 0.264 e. The van der Waals surface area contributed by atoms with E-state index < -0.39 is 28.5 Å². The fourth-order valence-electron chi connectivity index (χ4n) is 4.36. The second-order valence-electron chi connectivity index (χ2n) is 9.95. The molecule has 2 amide bonds. The van der Waals surface area contributed by atoms with Gasteiger partial charge in [-0.25, -0.2) is 8.42 Å². The van der Waals surface area contributed by atoms with Crippen LogP contribution in [0.3, 0.4) is 0 Å². The molecule has 4 aromatic carbocycles. The van der Waals surface area contributed by atoms with Gasteiger partial charge in [0.15, 0.2) is 0 Å². The summed E-state index contributed by atoms with van der Waals surface area (Å²) in [6, 6.07) is 28.7. The minimum atomic E-state index is -4.17. The van der Waals surface area contributed by atoms with Crippen molar-refractivity contribution in [3.63, 3.8) is 0 Å². The molecular formula is C33H34BrN3O5S. The highest BCUT2D eigenvalue weighted by atomic mass is 79.9. The predicted molar refractivity (Wildman–Crippen MR) is 172 cm³/mol. The third kappa shape index (κ3) is 8.24. The average Bonchev–Trinajstić information content (AvgIpc) is 3.00. The summed E-state index contributed by atoms with van der Waals surface area (Å²) in [7, 11) is -4.17. The Morgan fingerprint density at radius 1 is 0.860 bits per heavy atom. The van der Waals surface area contributed by atoms with Gasteiger partial charge in [-0.1, -0.05) is 64.0 Å². The number of benzene rings is 4. The van der Waals surface area contributed by atoms with Gasteiger partial charge in [-0.2, -0.15) is 0 Å². The molecule has 0 spiro atoms. The van der Waals surface area contributed by atoms with Crippen molar-refractivity contribution >= 4 is 43.5 Å².